The number of benzene rings is 1. The third kappa shape index (κ3) is 2.67. The van der Waals surface area contributed by atoms with Crippen LogP contribution in [-0.2, 0) is 0 Å². The minimum atomic E-state index is 0.235. The van der Waals surface area contributed by atoms with Gasteiger partial charge >= 0.3 is 0 Å². The van der Waals surface area contributed by atoms with Crippen molar-refractivity contribution < 1.29 is 5.11 Å². The third-order valence-corrected chi connectivity index (χ3v) is 2.66. The van der Waals surface area contributed by atoms with E-state index in [0.29, 0.717) is 4.47 Å². The minimum absolute atomic E-state index is 0.235. The van der Waals surface area contributed by atoms with Crippen LogP contribution in [0.3, 0.4) is 0 Å². The van der Waals surface area contributed by atoms with Crippen LogP contribution in [0.1, 0.15) is 11.3 Å². The molecule has 1 aromatic heterocycles. The maximum absolute atomic E-state index is 9.34. The van der Waals surface area contributed by atoms with Crippen LogP contribution in [-0.4, -0.2) is 15.1 Å². The van der Waals surface area contributed by atoms with E-state index in [1.807, 2.05) is 30.4 Å². The predicted molar refractivity (Wildman–Crippen MR) is 66.8 cm³/mol. The summed E-state index contributed by atoms with van der Waals surface area (Å²) in [7, 11) is 0. The first-order valence-corrected chi connectivity index (χ1v) is 5.47. The number of nitrogens with zero attached hydrogens (tertiary/aromatic N) is 2. The molecule has 0 bridgehead atoms. The Bertz CT molecular complexity index is 512. The standard InChI is InChI=1S/C12H9BrN2O/c13-11-7-9(2-4-12(11)16)1-3-10-5-6-14-8-15-10/h1-8,16H/b3-1+. The van der Waals surface area contributed by atoms with Crippen LogP contribution in [0.5, 0.6) is 5.75 Å². The summed E-state index contributed by atoms with van der Waals surface area (Å²) in [6.45, 7) is 0. The lowest BCUT2D eigenvalue weighted by Gasteiger charge is -1.98. The molecule has 2 aromatic rings. The molecule has 0 unspecified atom stereocenters. The van der Waals surface area contributed by atoms with Crippen molar-refractivity contribution in [2.24, 2.45) is 0 Å². The fourth-order valence-corrected chi connectivity index (χ4v) is 1.60. The van der Waals surface area contributed by atoms with E-state index in [2.05, 4.69) is 25.9 Å². The molecule has 4 heteroatoms. The van der Waals surface area contributed by atoms with Gasteiger partial charge in [0.15, 0.2) is 0 Å². The van der Waals surface area contributed by atoms with Crippen molar-refractivity contribution >= 4 is 28.1 Å². The Hall–Kier alpha value is -1.68. The second-order valence-corrected chi connectivity index (χ2v) is 4.03. The smallest absolute Gasteiger partial charge is 0.129 e. The molecule has 1 aromatic carbocycles. The zero-order valence-corrected chi connectivity index (χ0v) is 9.92. The highest BCUT2D eigenvalue weighted by Gasteiger charge is 1.96. The lowest BCUT2D eigenvalue weighted by Crippen LogP contribution is -1.80. The van der Waals surface area contributed by atoms with E-state index >= 15 is 0 Å². The zero-order valence-electron chi connectivity index (χ0n) is 8.34. The van der Waals surface area contributed by atoms with Gasteiger partial charge in [-0.15, -0.1) is 0 Å². The lowest BCUT2D eigenvalue weighted by atomic mass is 10.2. The van der Waals surface area contributed by atoms with Gasteiger partial charge < -0.3 is 5.11 Å². The van der Waals surface area contributed by atoms with Crippen LogP contribution in [0.4, 0.5) is 0 Å². The number of phenols is 1. The summed E-state index contributed by atoms with van der Waals surface area (Å²) < 4.78 is 0.678. The van der Waals surface area contributed by atoms with E-state index in [-0.39, 0.29) is 5.75 Å². The SMILES string of the molecule is Oc1ccc(/C=C/c2ccncn2)cc1Br. The van der Waals surface area contributed by atoms with Gasteiger partial charge in [0.1, 0.15) is 12.1 Å². The summed E-state index contributed by atoms with van der Waals surface area (Å²) in [5.74, 6) is 0.235. The van der Waals surface area contributed by atoms with Crippen LogP contribution in [0, 0.1) is 0 Å². The van der Waals surface area contributed by atoms with Gasteiger partial charge in [-0.3, -0.25) is 0 Å². The van der Waals surface area contributed by atoms with E-state index in [0.717, 1.165) is 11.3 Å². The van der Waals surface area contributed by atoms with Crippen molar-refractivity contribution in [2.75, 3.05) is 0 Å². The molecule has 0 spiro atoms. The molecular formula is C12H9BrN2O. The maximum atomic E-state index is 9.34. The van der Waals surface area contributed by atoms with Gasteiger partial charge in [-0.1, -0.05) is 12.1 Å². The number of hydrogen-bond acceptors (Lipinski definition) is 3. The van der Waals surface area contributed by atoms with Crippen LogP contribution < -0.4 is 0 Å². The molecule has 2 rings (SSSR count). The van der Waals surface area contributed by atoms with E-state index in [9.17, 15) is 5.11 Å². The van der Waals surface area contributed by atoms with Crippen molar-refractivity contribution in [1.29, 1.82) is 0 Å². The first kappa shape index (κ1) is 10.8. The van der Waals surface area contributed by atoms with Gasteiger partial charge in [0, 0.05) is 6.20 Å². The topological polar surface area (TPSA) is 46.0 Å². The molecule has 0 radical (unpaired) electrons. The normalized spacial score (nSPS) is 10.8. The Balaban J connectivity index is 2.21. The Labute approximate surface area is 102 Å². The number of hydrogen-bond donors (Lipinski definition) is 1. The van der Waals surface area contributed by atoms with Gasteiger partial charge in [0.25, 0.3) is 0 Å². The van der Waals surface area contributed by atoms with Gasteiger partial charge in [-0.25, -0.2) is 9.97 Å². The Morgan fingerprint density at radius 3 is 2.75 bits per heavy atom. The van der Waals surface area contributed by atoms with Crippen molar-refractivity contribution in [3.05, 3.63) is 52.5 Å². The molecule has 0 atom stereocenters. The second-order valence-electron chi connectivity index (χ2n) is 3.18. The summed E-state index contributed by atoms with van der Waals surface area (Å²) in [5, 5.41) is 9.34. The second kappa shape index (κ2) is 4.90. The van der Waals surface area contributed by atoms with Gasteiger partial charge in [0.05, 0.1) is 10.2 Å². The van der Waals surface area contributed by atoms with E-state index in [1.165, 1.54) is 6.33 Å². The first-order chi connectivity index (χ1) is 7.75. The largest absolute Gasteiger partial charge is 0.507 e. The molecule has 1 heterocycles. The zero-order chi connectivity index (χ0) is 11.4. The molecule has 16 heavy (non-hydrogen) atoms. The summed E-state index contributed by atoms with van der Waals surface area (Å²) in [5.41, 5.74) is 1.84. The molecule has 0 saturated carbocycles. The molecule has 1 N–H and O–H groups in total. The number of aromatic hydroxyl groups is 1. The van der Waals surface area contributed by atoms with Crippen LogP contribution in [0.15, 0.2) is 41.3 Å². The summed E-state index contributed by atoms with van der Waals surface area (Å²) in [4.78, 5) is 7.92. The molecule has 0 aliphatic rings. The Morgan fingerprint density at radius 2 is 2.06 bits per heavy atom. The Morgan fingerprint density at radius 1 is 1.19 bits per heavy atom. The molecule has 0 aliphatic carbocycles. The predicted octanol–water partition coefficient (Wildman–Crippen LogP) is 3.12. The average molecular weight is 277 g/mol. The van der Waals surface area contributed by atoms with Crippen molar-refractivity contribution in [3.63, 3.8) is 0 Å². The molecule has 0 fully saturated rings. The highest BCUT2D eigenvalue weighted by molar-refractivity contribution is 9.10. The number of halogens is 1. The minimum Gasteiger partial charge on any atom is -0.507 e. The van der Waals surface area contributed by atoms with Crippen LogP contribution in [0.25, 0.3) is 12.2 Å². The Kier molecular flexibility index (Phi) is 3.31. The quantitative estimate of drug-likeness (QED) is 0.917. The maximum Gasteiger partial charge on any atom is 0.129 e. The van der Waals surface area contributed by atoms with E-state index in [1.54, 1.807) is 12.3 Å². The van der Waals surface area contributed by atoms with Gasteiger partial charge in [0.2, 0.25) is 0 Å². The van der Waals surface area contributed by atoms with E-state index < -0.39 is 0 Å². The lowest BCUT2D eigenvalue weighted by molar-refractivity contribution is 0.472. The van der Waals surface area contributed by atoms with Gasteiger partial charge in [-0.2, -0.15) is 0 Å². The van der Waals surface area contributed by atoms with E-state index in [4.69, 9.17) is 0 Å². The molecular weight excluding hydrogens is 268 g/mol. The first-order valence-electron chi connectivity index (χ1n) is 4.68. The summed E-state index contributed by atoms with van der Waals surface area (Å²) in [6.07, 6.45) is 7.01. The molecule has 0 aliphatic heterocycles. The van der Waals surface area contributed by atoms with Crippen molar-refractivity contribution in [3.8, 4) is 5.75 Å². The monoisotopic (exact) mass is 276 g/mol. The molecule has 0 saturated heterocycles. The number of rotatable bonds is 2. The van der Waals surface area contributed by atoms with Crippen LogP contribution in [0.2, 0.25) is 0 Å². The summed E-state index contributed by atoms with van der Waals surface area (Å²) >= 11 is 3.26. The highest BCUT2D eigenvalue weighted by atomic mass is 79.9. The third-order valence-electron chi connectivity index (χ3n) is 2.02. The summed E-state index contributed by atoms with van der Waals surface area (Å²) in [6, 6.07) is 7.14. The highest BCUT2D eigenvalue weighted by Crippen LogP contribution is 2.24. The van der Waals surface area contributed by atoms with Crippen LogP contribution >= 0.6 is 15.9 Å². The molecule has 0 amide bonds. The van der Waals surface area contributed by atoms with Crippen molar-refractivity contribution in [2.45, 2.75) is 0 Å². The molecule has 80 valence electrons. The molecule has 3 nitrogen and oxygen atoms in total. The fraction of sp³-hybridized carbons (Fsp3) is 0. The fourth-order valence-electron chi connectivity index (χ4n) is 1.21. The average Bonchev–Trinajstić information content (AvgIpc) is 2.32. The van der Waals surface area contributed by atoms with Crippen molar-refractivity contribution in [1.82, 2.24) is 9.97 Å². The van der Waals surface area contributed by atoms with Gasteiger partial charge in [-0.05, 0) is 45.8 Å². The number of phenolic OH excluding ortho intramolecular Hbond substituents is 1. The number of aromatic nitrogens is 2.